The first kappa shape index (κ1) is 14.9. The Morgan fingerprint density at radius 3 is 2.71 bits per heavy atom. The molecule has 0 spiro atoms. The second-order valence-corrected chi connectivity index (χ2v) is 7.11. The number of hydrogen-bond acceptors (Lipinski definition) is 6. The molecule has 1 aromatic heterocycles. The summed E-state index contributed by atoms with van der Waals surface area (Å²) in [6, 6.07) is 0.681. The maximum atomic E-state index is 5.97. The Bertz CT molecular complexity index is 470. The fourth-order valence-corrected chi connectivity index (χ4v) is 4.13. The summed E-state index contributed by atoms with van der Waals surface area (Å²) in [6.45, 7) is 8.74. The fourth-order valence-electron chi connectivity index (χ4n) is 3.34. The lowest BCUT2D eigenvalue weighted by Gasteiger charge is -2.32. The van der Waals surface area contributed by atoms with Crippen LogP contribution in [0, 0.1) is 0 Å². The van der Waals surface area contributed by atoms with Crippen molar-refractivity contribution in [1.29, 1.82) is 0 Å². The Hall–Kier alpha value is -1.01. The molecule has 0 bridgehead atoms. The van der Waals surface area contributed by atoms with Crippen molar-refractivity contribution in [2.24, 2.45) is 0 Å². The van der Waals surface area contributed by atoms with E-state index in [1.54, 1.807) is 0 Å². The summed E-state index contributed by atoms with van der Waals surface area (Å²) in [5.41, 5.74) is 5.97. The Morgan fingerprint density at radius 2 is 2.00 bits per heavy atom. The molecule has 6 heteroatoms. The number of ether oxygens (including phenoxy) is 1. The summed E-state index contributed by atoms with van der Waals surface area (Å²) >= 11 is 1.47. The molecule has 2 N–H and O–H groups in total. The molecule has 21 heavy (non-hydrogen) atoms. The molecule has 0 aromatic carbocycles. The fraction of sp³-hybridized carbons (Fsp3) is 0.800. The Balaban J connectivity index is 1.68. The van der Waals surface area contributed by atoms with Crippen LogP contribution in [0.5, 0.6) is 5.75 Å². The number of hydrogen-bond donors (Lipinski definition) is 1. The summed E-state index contributed by atoms with van der Waals surface area (Å²) < 4.78 is 10.2. The average molecular weight is 310 g/mol. The lowest BCUT2D eigenvalue weighted by atomic mass is 10.1. The molecule has 0 aliphatic carbocycles. The summed E-state index contributed by atoms with van der Waals surface area (Å²) in [7, 11) is 0. The molecule has 0 radical (unpaired) electrons. The van der Waals surface area contributed by atoms with Crippen molar-refractivity contribution in [3.8, 4) is 5.75 Å². The van der Waals surface area contributed by atoms with Crippen LogP contribution in [0.4, 0.5) is 10.8 Å². The van der Waals surface area contributed by atoms with Crippen molar-refractivity contribution in [3.05, 3.63) is 0 Å². The number of nitrogen functional groups attached to an aromatic ring is 1. The number of nitrogens with two attached hydrogens (primary N) is 1. The van der Waals surface area contributed by atoms with E-state index >= 15 is 0 Å². The molecule has 0 saturated carbocycles. The highest BCUT2D eigenvalue weighted by atomic mass is 32.1. The van der Waals surface area contributed by atoms with E-state index in [0.717, 1.165) is 23.8 Å². The smallest absolute Gasteiger partial charge is 0.198 e. The van der Waals surface area contributed by atoms with Crippen molar-refractivity contribution < 1.29 is 4.74 Å². The van der Waals surface area contributed by atoms with Gasteiger partial charge in [0, 0.05) is 19.1 Å². The third-order valence-electron chi connectivity index (χ3n) is 4.37. The van der Waals surface area contributed by atoms with Crippen molar-refractivity contribution in [1.82, 2.24) is 9.27 Å². The van der Waals surface area contributed by atoms with Crippen LogP contribution >= 0.6 is 11.5 Å². The molecule has 2 fully saturated rings. The van der Waals surface area contributed by atoms with E-state index < -0.39 is 0 Å². The van der Waals surface area contributed by atoms with Gasteiger partial charge in [0.25, 0.3) is 0 Å². The summed E-state index contributed by atoms with van der Waals surface area (Å²) in [5, 5.41) is 1.11. The standard InChI is InChI=1S/C15H26N4OS/c1-11(2)20-13-14(16)17-21-15(13)19-9-6-12(10-19)18-7-4-3-5-8-18/h11-12H,3-10H2,1-2H3,(H2,16,17). The van der Waals surface area contributed by atoms with Crippen molar-refractivity contribution >= 4 is 22.4 Å². The highest BCUT2D eigenvalue weighted by molar-refractivity contribution is 7.11. The third kappa shape index (κ3) is 3.26. The highest BCUT2D eigenvalue weighted by Gasteiger charge is 2.31. The zero-order valence-electron chi connectivity index (χ0n) is 13.0. The van der Waals surface area contributed by atoms with Crippen LogP contribution in [0.3, 0.4) is 0 Å². The number of nitrogens with zero attached hydrogens (tertiary/aromatic N) is 3. The number of rotatable bonds is 4. The van der Waals surface area contributed by atoms with Gasteiger partial charge in [-0.25, -0.2) is 0 Å². The largest absolute Gasteiger partial charge is 0.484 e. The maximum Gasteiger partial charge on any atom is 0.198 e. The minimum atomic E-state index is 0.128. The molecule has 2 aliphatic heterocycles. The molecule has 2 saturated heterocycles. The van der Waals surface area contributed by atoms with E-state index in [1.165, 1.54) is 50.3 Å². The molecule has 3 heterocycles. The van der Waals surface area contributed by atoms with Gasteiger partial charge in [-0.3, -0.25) is 4.90 Å². The van der Waals surface area contributed by atoms with Gasteiger partial charge in [-0.05, 0) is 57.7 Å². The molecule has 1 unspecified atom stereocenters. The molecule has 3 rings (SSSR count). The van der Waals surface area contributed by atoms with Gasteiger partial charge < -0.3 is 15.4 Å². The lowest BCUT2D eigenvalue weighted by Crippen LogP contribution is -2.40. The molecule has 1 aromatic rings. The SMILES string of the molecule is CC(C)Oc1c(N)nsc1N1CCC(N2CCCCC2)C1. The minimum Gasteiger partial charge on any atom is -0.484 e. The summed E-state index contributed by atoms with van der Waals surface area (Å²) in [5.74, 6) is 1.32. The Kier molecular flexibility index (Phi) is 4.54. The van der Waals surface area contributed by atoms with Gasteiger partial charge in [-0.15, -0.1) is 0 Å². The molecule has 0 amide bonds. The van der Waals surface area contributed by atoms with Gasteiger partial charge in [0.05, 0.1) is 6.10 Å². The third-order valence-corrected chi connectivity index (χ3v) is 5.27. The van der Waals surface area contributed by atoms with E-state index in [9.17, 15) is 0 Å². The zero-order chi connectivity index (χ0) is 14.8. The Morgan fingerprint density at radius 1 is 1.24 bits per heavy atom. The molecule has 2 aliphatic rings. The summed E-state index contributed by atoms with van der Waals surface area (Å²) in [6.07, 6.45) is 5.46. The van der Waals surface area contributed by atoms with Gasteiger partial charge in [-0.2, -0.15) is 4.37 Å². The molecular formula is C15H26N4OS. The number of aromatic nitrogens is 1. The molecule has 1 atom stereocenters. The van der Waals surface area contributed by atoms with E-state index in [-0.39, 0.29) is 6.10 Å². The van der Waals surface area contributed by atoms with Gasteiger partial charge in [0.2, 0.25) is 0 Å². The van der Waals surface area contributed by atoms with Crippen LogP contribution < -0.4 is 15.4 Å². The topological polar surface area (TPSA) is 54.6 Å². The molecule has 5 nitrogen and oxygen atoms in total. The van der Waals surface area contributed by atoms with Gasteiger partial charge >= 0.3 is 0 Å². The van der Waals surface area contributed by atoms with Crippen LogP contribution in [0.2, 0.25) is 0 Å². The van der Waals surface area contributed by atoms with Crippen molar-refractivity contribution in [3.63, 3.8) is 0 Å². The molecule has 118 valence electrons. The second kappa shape index (κ2) is 6.40. The zero-order valence-corrected chi connectivity index (χ0v) is 13.9. The highest BCUT2D eigenvalue weighted by Crippen LogP contribution is 2.40. The van der Waals surface area contributed by atoms with Crippen molar-refractivity contribution in [2.45, 2.75) is 51.7 Å². The van der Waals surface area contributed by atoms with Crippen LogP contribution in [-0.2, 0) is 0 Å². The van der Waals surface area contributed by atoms with Crippen LogP contribution in [-0.4, -0.2) is 47.6 Å². The van der Waals surface area contributed by atoms with Crippen LogP contribution in [0.1, 0.15) is 39.5 Å². The summed E-state index contributed by atoms with van der Waals surface area (Å²) in [4.78, 5) is 5.07. The number of likely N-dealkylation sites (tertiary alicyclic amines) is 1. The van der Waals surface area contributed by atoms with E-state index in [2.05, 4.69) is 14.2 Å². The molecular weight excluding hydrogens is 284 g/mol. The van der Waals surface area contributed by atoms with E-state index in [4.69, 9.17) is 10.5 Å². The first-order valence-corrected chi connectivity index (χ1v) is 8.83. The maximum absolute atomic E-state index is 5.97. The number of anilines is 2. The normalized spacial score (nSPS) is 24.0. The minimum absolute atomic E-state index is 0.128. The Labute approximate surface area is 131 Å². The number of piperidine rings is 1. The second-order valence-electron chi connectivity index (χ2n) is 6.35. The lowest BCUT2D eigenvalue weighted by molar-refractivity contribution is 0.174. The monoisotopic (exact) mass is 310 g/mol. The van der Waals surface area contributed by atoms with Crippen LogP contribution in [0.25, 0.3) is 0 Å². The predicted octanol–water partition coefficient (Wildman–Crippen LogP) is 2.58. The van der Waals surface area contributed by atoms with Crippen molar-refractivity contribution in [2.75, 3.05) is 36.8 Å². The van der Waals surface area contributed by atoms with E-state index in [0.29, 0.717) is 11.9 Å². The van der Waals surface area contributed by atoms with Gasteiger partial charge in [0.15, 0.2) is 16.6 Å². The van der Waals surface area contributed by atoms with E-state index in [1.807, 2.05) is 13.8 Å². The van der Waals surface area contributed by atoms with Gasteiger partial charge in [-0.1, -0.05) is 6.42 Å². The predicted molar refractivity (Wildman–Crippen MR) is 88.3 cm³/mol. The first-order chi connectivity index (χ1) is 10.1. The average Bonchev–Trinajstić information content (AvgIpc) is 3.08. The van der Waals surface area contributed by atoms with Crippen LogP contribution in [0.15, 0.2) is 0 Å². The quantitative estimate of drug-likeness (QED) is 0.926. The van der Waals surface area contributed by atoms with Gasteiger partial charge in [0.1, 0.15) is 0 Å². The first-order valence-electron chi connectivity index (χ1n) is 8.06.